The van der Waals surface area contributed by atoms with Crippen LogP contribution in [0.3, 0.4) is 0 Å². The summed E-state index contributed by atoms with van der Waals surface area (Å²) in [5.41, 5.74) is 1.39. The maximum Gasteiger partial charge on any atom is 0.303 e. The third kappa shape index (κ3) is 17.3. The normalized spacial score (nSPS) is 11.5. The van der Waals surface area contributed by atoms with Crippen molar-refractivity contribution < 1.29 is 24.5 Å². The molecule has 5 nitrogen and oxygen atoms in total. The van der Waals surface area contributed by atoms with Gasteiger partial charge in [0.2, 0.25) is 0 Å². The summed E-state index contributed by atoms with van der Waals surface area (Å²) < 4.78 is 6.14. The van der Waals surface area contributed by atoms with Gasteiger partial charge in [0, 0.05) is 12.8 Å². The molecule has 0 aliphatic heterocycles. The Morgan fingerprint density at radius 2 is 1.12 bits per heavy atom. The van der Waals surface area contributed by atoms with Crippen molar-refractivity contribution >= 4 is 11.9 Å². The fourth-order valence-electron chi connectivity index (χ4n) is 4.33. The topological polar surface area (TPSA) is 83.8 Å². The molecule has 0 heterocycles. The summed E-state index contributed by atoms with van der Waals surface area (Å²) in [5, 5.41) is 17.4. The van der Waals surface area contributed by atoms with E-state index in [2.05, 4.69) is 19.1 Å². The zero-order valence-electron chi connectivity index (χ0n) is 20.7. The van der Waals surface area contributed by atoms with E-state index in [1.54, 1.807) is 0 Å². The van der Waals surface area contributed by atoms with Gasteiger partial charge in [-0.1, -0.05) is 101 Å². The van der Waals surface area contributed by atoms with Crippen molar-refractivity contribution in [3.8, 4) is 0 Å². The maximum absolute atomic E-state index is 10.6. The minimum atomic E-state index is -0.693. The summed E-state index contributed by atoms with van der Waals surface area (Å²) in [6.07, 6.45) is 15.9. The number of rotatable bonds is 22. The molecule has 33 heavy (non-hydrogen) atoms. The van der Waals surface area contributed by atoms with E-state index in [9.17, 15) is 9.59 Å². The van der Waals surface area contributed by atoms with Crippen molar-refractivity contribution in [2.24, 2.45) is 5.41 Å². The van der Waals surface area contributed by atoms with E-state index in [-0.39, 0.29) is 18.3 Å². The average Bonchev–Trinajstić information content (AvgIpc) is 2.78. The number of carboxylic acid groups (broad SMARTS) is 2. The number of ether oxygens (including phenoxy) is 1. The van der Waals surface area contributed by atoms with Crippen LogP contribution in [0.2, 0.25) is 0 Å². The van der Waals surface area contributed by atoms with Crippen molar-refractivity contribution in [3.05, 3.63) is 35.9 Å². The van der Waals surface area contributed by atoms with Gasteiger partial charge >= 0.3 is 11.9 Å². The molecule has 1 aromatic carbocycles. The molecule has 0 amide bonds. The first kappa shape index (κ1) is 29.2. The summed E-state index contributed by atoms with van der Waals surface area (Å²) in [4.78, 5) is 21.2. The monoisotopic (exact) mass is 462 g/mol. The Morgan fingerprint density at radius 3 is 1.58 bits per heavy atom. The number of benzene rings is 1. The SMILES string of the molecule is CC(CCCCCCCCC(=O)O)(CCCCCCCCC(=O)O)COCc1ccccc1. The number of unbranched alkanes of at least 4 members (excludes halogenated alkanes) is 10. The highest BCUT2D eigenvalue weighted by molar-refractivity contribution is 5.66. The molecule has 0 radical (unpaired) electrons. The predicted molar refractivity (Wildman–Crippen MR) is 133 cm³/mol. The van der Waals surface area contributed by atoms with Gasteiger partial charge in [0.25, 0.3) is 0 Å². The lowest BCUT2D eigenvalue weighted by Gasteiger charge is -2.30. The summed E-state index contributed by atoms with van der Waals surface area (Å²) in [6.45, 7) is 3.79. The quantitative estimate of drug-likeness (QED) is 0.173. The molecule has 0 aliphatic carbocycles. The highest BCUT2D eigenvalue weighted by Gasteiger charge is 2.23. The van der Waals surface area contributed by atoms with Gasteiger partial charge in [0.15, 0.2) is 0 Å². The number of carboxylic acids is 2. The fourth-order valence-corrected chi connectivity index (χ4v) is 4.33. The Morgan fingerprint density at radius 1 is 0.697 bits per heavy atom. The fraction of sp³-hybridized carbons (Fsp3) is 0.714. The molecule has 5 heteroatoms. The van der Waals surface area contributed by atoms with Crippen LogP contribution in [0.25, 0.3) is 0 Å². The van der Waals surface area contributed by atoms with Crippen LogP contribution in [0.1, 0.15) is 115 Å². The van der Waals surface area contributed by atoms with E-state index < -0.39 is 11.9 Å². The first-order valence-electron chi connectivity index (χ1n) is 13.0. The van der Waals surface area contributed by atoms with Crippen LogP contribution in [0.4, 0.5) is 0 Å². The molecule has 0 fully saturated rings. The molecule has 0 saturated carbocycles. The molecule has 0 saturated heterocycles. The highest BCUT2D eigenvalue weighted by atomic mass is 16.5. The smallest absolute Gasteiger partial charge is 0.303 e. The molecule has 0 unspecified atom stereocenters. The first-order valence-corrected chi connectivity index (χ1v) is 13.0. The second kappa shape index (κ2) is 18.5. The van der Waals surface area contributed by atoms with Crippen LogP contribution < -0.4 is 0 Å². The van der Waals surface area contributed by atoms with E-state index in [1.807, 2.05) is 18.2 Å². The van der Waals surface area contributed by atoms with Crippen LogP contribution in [-0.4, -0.2) is 28.8 Å². The van der Waals surface area contributed by atoms with E-state index in [1.165, 1.54) is 44.1 Å². The van der Waals surface area contributed by atoms with Gasteiger partial charge in [0.1, 0.15) is 0 Å². The first-order chi connectivity index (χ1) is 15.9. The average molecular weight is 463 g/mol. The number of aliphatic carboxylic acids is 2. The van der Waals surface area contributed by atoms with Crippen LogP contribution in [-0.2, 0) is 20.9 Å². The van der Waals surface area contributed by atoms with Gasteiger partial charge in [-0.2, -0.15) is 0 Å². The Labute approximate surface area is 200 Å². The summed E-state index contributed by atoms with van der Waals surface area (Å²) in [7, 11) is 0. The number of hydrogen-bond acceptors (Lipinski definition) is 3. The van der Waals surface area contributed by atoms with Crippen molar-refractivity contribution in [1.82, 2.24) is 0 Å². The Balaban J connectivity index is 2.29. The number of carbonyl (C=O) groups is 2. The third-order valence-corrected chi connectivity index (χ3v) is 6.40. The minimum absolute atomic E-state index is 0.182. The standard InChI is InChI=1S/C28H46O5/c1-28(24-33-23-25-17-11-10-12-18-25,21-15-8-4-2-6-13-19-26(29)30)22-16-9-5-3-7-14-20-27(31)32/h10-12,17-18H,2-9,13-16,19-24H2,1H3,(H,29,30)(H,31,32). The second-order valence-electron chi connectivity index (χ2n) is 9.82. The van der Waals surface area contributed by atoms with Gasteiger partial charge in [-0.05, 0) is 36.7 Å². The number of hydrogen-bond donors (Lipinski definition) is 2. The summed E-state index contributed by atoms with van der Waals surface area (Å²) in [6, 6.07) is 10.3. The Hall–Kier alpha value is -1.88. The Bertz CT molecular complexity index is 598. The van der Waals surface area contributed by atoms with Crippen LogP contribution in [0, 0.1) is 5.41 Å². The van der Waals surface area contributed by atoms with Crippen LogP contribution in [0.5, 0.6) is 0 Å². The lowest BCUT2D eigenvalue weighted by atomic mass is 9.80. The zero-order chi connectivity index (χ0) is 24.2. The van der Waals surface area contributed by atoms with E-state index >= 15 is 0 Å². The van der Waals surface area contributed by atoms with Crippen molar-refractivity contribution in [2.75, 3.05) is 6.61 Å². The molecule has 1 aromatic rings. The van der Waals surface area contributed by atoms with E-state index in [0.29, 0.717) is 6.61 Å². The van der Waals surface area contributed by atoms with Crippen molar-refractivity contribution in [3.63, 3.8) is 0 Å². The molecule has 2 N–H and O–H groups in total. The van der Waals surface area contributed by atoms with Gasteiger partial charge in [-0.25, -0.2) is 0 Å². The zero-order valence-corrected chi connectivity index (χ0v) is 20.7. The molecular formula is C28H46O5. The lowest BCUT2D eigenvalue weighted by molar-refractivity contribution is -0.138. The lowest BCUT2D eigenvalue weighted by Crippen LogP contribution is -2.23. The van der Waals surface area contributed by atoms with Crippen LogP contribution >= 0.6 is 0 Å². The van der Waals surface area contributed by atoms with Crippen LogP contribution in [0.15, 0.2) is 30.3 Å². The van der Waals surface area contributed by atoms with E-state index in [0.717, 1.165) is 58.0 Å². The Kier molecular flexibility index (Phi) is 16.4. The van der Waals surface area contributed by atoms with Crippen molar-refractivity contribution in [2.45, 2.75) is 116 Å². The highest BCUT2D eigenvalue weighted by Crippen LogP contribution is 2.32. The van der Waals surface area contributed by atoms with Gasteiger partial charge in [-0.15, -0.1) is 0 Å². The molecular weight excluding hydrogens is 416 g/mol. The van der Waals surface area contributed by atoms with Crippen molar-refractivity contribution in [1.29, 1.82) is 0 Å². The predicted octanol–water partition coefficient (Wildman–Crippen LogP) is 7.62. The molecule has 1 rings (SSSR count). The van der Waals surface area contributed by atoms with Gasteiger partial charge in [0.05, 0.1) is 13.2 Å². The molecule has 0 atom stereocenters. The molecule has 0 spiro atoms. The second-order valence-corrected chi connectivity index (χ2v) is 9.82. The summed E-state index contributed by atoms with van der Waals surface area (Å²) in [5.74, 6) is -1.39. The minimum Gasteiger partial charge on any atom is -0.481 e. The molecule has 188 valence electrons. The summed E-state index contributed by atoms with van der Waals surface area (Å²) >= 11 is 0. The third-order valence-electron chi connectivity index (χ3n) is 6.40. The van der Waals surface area contributed by atoms with Gasteiger partial charge < -0.3 is 14.9 Å². The largest absolute Gasteiger partial charge is 0.481 e. The molecule has 0 aromatic heterocycles. The maximum atomic E-state index is 10.6. The molecule has 0 aliphatic rings. The van der Waals surface area contributed by atoms with E-state index in [4.69, 9.17) is 14.9 Å². The molecule has 0 bridgehead atoms. The van der Waals surface area contributed by atoms with Gasteiger partial charge in [-0.3, -0.25) is 9.59 Å².